The molecular formula is C21H11ClF4N2O2. The largest absolute Gasteiger partial charge is 0.457 e. The average molecular weight is 435 g/mol. The number of halogens is 5. The van der Waals surface area contributed by atoms with Crippen LogP contribution in [0.5, 0.6) is 0 Å². The van der Waals surface area contributed by atoms with Gasteiger partial charge in [-0.3, -0.25) is 4.79 Å². The fourth-order valence-corrected chi connectivity index (χ4v) is 2.70. The average Bonchev–Trinajstić information content (AvgIpc) is 3.15. The summed E-state index contributed by atoms with van der Waals surface area (Å²) in [5.74, 6) is -1.16. The van der Waals surface area contributed by atoms with Crippen LogP contribution < -0.4 is 5.32 Å². The lowest BCUT2D eigenvalue weighted by Gasteiger charge is -2.09. The standard InChI is InChI=1S/C21H11ClF4N2O2/c22-18-7-1-13(21(24,25)26)10-17(18)19-8-6-16(30-19)9-12(11-27)20(29)28-15-4-2-14(23)3-5-15/h1-10H,(H,28,29). The van der Waals surface area contributed by atoms with Gasteiger partial charge in [0.25, 0.3) is 5.91 Å². The molecule has 1 N–H and O–H groups in total. The van der Waals surface area contributed by atoms with Crippen molar-refractivity contribution >= 4 is 29.3 Å². The first-order chi connectivity index (χ1) is 14.2. The van der Waals surface area contributed by atoms with Gasteiger partial charge < -0.3 is 9.73 Å². The van der Waals surface area contributed by atoms with Crippen LogP contribution in [-0.2, 0) is 11.0 Å². The van der Waals surface area contributed by atoms with Crippen LogP contribution in [-0.4, -0.2) is 5.91 Å². The van der Waals surface area contributed by atoms with Crippen molar-refractivity contribution in [3.63, 3.8) is 0 Å². The van der Waals surface area contributed by atoms with Gasteiger partial charge in [0.05, 0.1) is 10.6 Å². The van der Waals surface area contributed by atoms with E-state index in [1.54, 1.807) is 6.07 Å². The number of anilines is 1. The summed E-state index contributed by atoms with van der Waals surface area (Å²) < 4.78 is 57.2. The monoisotopic (exact) mass is 434 g/mol. The number of nitriles is 1. The minimum atomic E-state index is -4.55. The van der Waals surface area contributed by atoms with Crippen molar-refractivity contribution in [3.05, 3.63) is 82.3 Å². The van der Waals surface area contributed by atoms with E-state index >= 15 is 0 Å². The van der Waals surface area contributed by atoms with E-state index in [2.05, 4.69) is 5.32 Å². The van der Waals surface area contributed by atoms with Crippen LogP contribution in [0.2, 0.25) is 5.02 Å². The summed E-state index contributed by atoms with van der Waals surface area (Å²) in [5, 5.41) is 11.7. The Balaban J connectivity index is 1.86. The molecule has 9 heteroatoms. The van der Waals surface area contributed by atoms with Crippen molar-refractivity contribution in [3.8, 4) is 17.4 Å². The number of amides is 1. The molecule has 1 amide bonds. The number of nitrogens with zero attached hydrogens (tertiary/aromatic N) is 1. The predicted octanol–water partition coefficient (Wildman–Crippen LogP) is 6.30. The van der Waals surface area contributed by atoms with E-state index in [-0.39, 0.29) is 33.4 Å². The Bertz CT molecular complexity index is 1160. The van der Waals surface area contributed by atoms with Gasteiger partial charge in [0.2, 0.25) is 0 Å². The molecule has 4 nitrogen and oxygen atoms in total. The molecule has 0 spiro atoms. The molecule has 0 saturated carbocycles. The molecule has 0 radical (unpaired) electrons. The molecule has 0 aliphatic heterocycles. The van der Waals surface area contributed by atoms with Gasteiger partial charge in [0.1, 0.15) is 29.0 Å². The third-order valence-electron chi connectivity index (χ3n) is 3.94. The summed E-state index contributed by atoms with van der Waals surface area (Å²) >= 11 is 5.99. The van der Waals surface area contributed by atoms with Crippen molar-refractivity contribution in [2.75, 3.05) is 5.32 Å². The first-order valence-corrected chi connectivity index (χ1v) is 8.71. The molecule has 1 heterocycles. The molecule has 152 valence electrons. The maximum absolute atomic E-state index is 12.9. The highest BCUT2D eigenvalue weighted by Crippen LogP contribution is 2.36. The van der Waals surface area contributed by atoms with Gasteiger partial charge in [-0.15, -0.1) is 0 Å². The maximum Gasteiger partial charge on any atom is 0.416 e. The number of nitrogens with one attached hydrogen (secondary N) is 1. The summed E-state index contributed by atoms with van der Waals surface area (Å²) in [6.45, 7) is 0. The van der Waals surface area contributed by atoms with Crippen LogP contribution in [0.1, 0.15) is 11.3 Å². The zero-order valence-corrected chi connectivity index (χ0v) is 15.7. The highest BCUT2D eigenvalue weighted by Gasteiger charge is 2.31. The molecule has 0 aliphatic rings. The number of benzene rings is 2. The minimum Gasteiger partial charge on any atom is -0.457 e. The molecule has 3 aromatic rings. The van der Waals surface area contributed by atoms with Gasteiger partial charge in [-0.2, -0.15) is 18.4 Å². The van der Waals surface area contributed by atoms with Gasteiger partial charge in [-0.05, 0) is 54.6 Å². The number of hydrogen-bond acceptors (Lipinski definition) is 3. The summed E-state index contributed by atoms with van der Waals surface area (Å²) in [7, 11) is 0. The summed E-state index contributed by atoms with van der Waals surface area (Å²) in [6, 6.07) is 12.2. The second kappa shape index (κ2) is 8.43. The molecule has 2 aromatic carbocycles. The van der Waals surface area contributed by atoms with Crippen LogP contribution >= 0.6 is 11.6 Å². The van der Waals surface area contributed by atoms with Crippen molar-refractivity contribution < 1.29 is 26.8 Å². The second-order valence-electron chi connectivity index (χ2n) is 6.03. The van der Waals surface area contributed by atoms with E-state index in [0.29, 0.717) is 0 Å². The Morgan fingerprint density at radius 2 is 1.80 bits per heavy atom. The number of alkyl halides is 3. The lowest BCUT2D eigenvalue weighted by molar-refractivity contribution is -0.137. The predicted molar refractivity (Wildman–Crippen MR) is 103 cm³/mol. The van der Waals surface area contributed by atoms with Crippen molar-refractivity contribution in [2.45, 2.75) is 6.18 Å². The molecule has 0 fully saturated rings. The fourth-order valence-electron chi connectivity index (χ4n) is 2.49. The fraction of sp³-hybridized carbons (Fsp3) is 0.0476. The molecule has 0 saturated heterocycles. The van der Waals surface area contributed by atoms with Gasteiger partial charge >= 0.3 is 6.18 Å². The number of carbonyl (C=O) groups is 1. The zero-order valence-electron chi connectivity index (χ0n) is 14.9. The molecular weight excluding hydrogens is 424 g/mol. The molecule has 1 aromatic heterocycles. The first-order valence-electron chi connectivity index (χ1n) is 8.33. The third kappa shape index (κ3) is 4.88. The van der Waals surface area contributed by atoms with E-state index in [1.165, 1.54) is 24.3 Å². The van der Waals surface area contributed by atoms with Crippen LogP contribution in [0.4, 0.5) is 23.2 Å². The van der Waals surface area contributed by atoms with Crippen molar-refractivity contribution in [2.24, 2.45) is 0 Å². The summed E-state index contributed by atoms with van der Waals surface area (Å²) in [5.41, 5.74) is -0.930. The van der Waals surface area contributed by atoms with Crippen LogP contribution in [0.15, 0.2) is 64.6 Å². The van der Waals surface area contributed by atoms with Gasteiger partial charge in [0, 0.05) is 17.3 Å². The van der Waals surface area contributed by atoms with Crippen LogP contribution in [0.3, 0.4) is 0 Å². The highest BCUT2D eigenvalue weighted by atomic mass is 35.5. The number of carbonyl (C=O) groups excluding carboxylic acids is 1. The van der Waals surface area contributed by atoms with E-state index in [1.807, 2.05) is 0 Å². The Kier molecular flexibility index (Phi) is 5.94. The maximum atomic E-state index is 12.9. The summed E-state index contributed by atoms with van der Waals surface area (Å²) in [4.78, 5) is 12.2. The molecule has 0 bridgehead atoms. The quantitative estimate of drug-likeness (QED) is 0.297. The van der Waals surface area contributed by atoms with Gasteiger partial charge in [-0.1, -0.05) is 11.6 Å². The first kappa shape index (κ1) is 21.1. The highest BCUT2D eigenvalue weighted by molar-refractivity contribution is 6.33. The number of rotatable bonds is 4. The van der Waals surface area contributed by atoms with Crippen LogP contribution in [0.25, 0.3) is 17.4 Å². The smallest absolute Gasteiger partial charge is 0.416 e. The number of hydrogen-bond donors (Lipinski definition) is 1. The van der Waals surface area contributed by atoms with E-state index in [9.17, 15) is 27.6 Å². The van der Waals surface area contributed by atoms with Gasteiger partial charge in [0.15, 0.2) is 0 Å². The minimum absolute atomic E-state index is 0.0143. The molecule has 0 atom stereocenters. The van der Waals surface area contributed by atoms with Crippen molar-refractivity contribution in [1.82, 2.24) is 0 Å². The molecule has 30 heavy (non-hydrogen) atoms. The second-order valence-corrected chi connectivity index (χ2v) is 6.43. The van der Waals surface area contributed by atoms with E-state index < -0.39 is 23.5 Å². The van der Waals surface area contributed by atoms with E-state index in [0.717, 1.165) is 36.4 Å². The normalized spacial score (nSPS) is 11.8. The van der Waals surface area contributed by atoms with E-state index in [4.69, 9.17) is 16.0 Å². The lowest BCUT2D eigenvalue weighted by Crippen LogP contribution is -2.13. The Labute approximate surface area is 173 Å². The molecule has 0 aliphatic carbocycles. The Morgan fingerprint density at radius 1 is 1.10 bits per heavy atom. The number of furan rings is 1. The Morgan fingerprint density at radius 3 is 2.43 bits per heavy atom. The molecule has 3 rings (SSSR count). The van der Waals surface area contributed by atoms with Crippen molar-refractivity contribution in [1.29, 1.82) is 5.26 Å². The molecule has 0 unspecified atom stereocenters. The SMILES string of the molecule is N#CC(=Cc1ccc(-c2cc(C(F)(F)F)ccc2Cl)o1)C(=O)Nc1ccc(F)cc1. The third-order valence-corrected chi connectivity index (χ3v) is 4.27. The van der Waals surface area contributed by atoms with Gasteiger partial charge in [-0.25, -0.2) is 4.39 Å². The zero-order chi connectivity index (χ0) is 21.9. The topological polar surface area (TPSA) is 66.0 Å². The lowest BCUT2D eigenvalue weighted by atomic mass is 10.1. The summed E-state index contributed by atoms with van der Waals surface area (Å²) in [6.07, 6.45) is -3.43. The van der Waals surface area contributed by atoms with Crippen LogP contribution in [0, 0.1) is 17.1 Å². The Hall–Kier alpha value is -3.57.